The zero-order valence-electron chi connectivity index (χ0n) is 9.45. The van der Waals surface area contributed by atoms with Crippen molar-refractivity contribution in [2.45, 2.75) is 17.8 Å². The van der Waals surface area contributed by atoms with Gasteiger partial charge in [0.15, 0.2) is 11.0 Å². The molecule has 0 saturated heterocycles. The number of nitrogen functional groups attached to an aromatic ring is 1. The molecule has 3 heterocycles. The average molecular weight is 279 g/mol. The molecule has 0 aliphatic heterocycles. The van der Waals surface area contributed by atoms with Crippen LogP contribution < -0.4 is 5.73 Å². The van der Waals surface area contributed by atoms with E-state index in [-0.39, 0.29) is 0 Å². The molecule has 0 spiro atoms. The Morgan fingerprint density at radius 1 is 1.39 bits per heavy atom. The summed E-state index contributed by atoms with van der Waals surface area (Å²) >= 11 is 2.97. The third-order valence-electron chi connectivity index (χ3n) is 2.23. The molecule has 8 heteroatoms. The summed E-state index contributed by atoms with van der Waals surface area (Å²) in [6, 6.07) is 1.92. The van der Waals surface area contributed by atoms with E-state index in [1.54, 1.807) is 18.3 Å². The monoisotopic (exact) mass is 279 g/mol. The van der Waals surface area contributed by atoms with Crippen LogP contribution in [0.25, 0.3) is 10.2 Å². The number of hydrogen-bond acceptors (Lipinski definition) is 8. The maximum absolute atomic E-state index is 5.87. The minimum absolute atomic E-state index is 0.505. The predicted molar refractivity (Wildman–Crippen MR) is 70.4 cm³/mol. The summed E-state index contributed by atoms with van der Waals surface area (Å²) < 4.78 is 5.02. The summed E-state index contributed by atoms with van der Waals surface area (Å²) in [5.74, 6) is 2.23. The van der Waals surface area contributed by atoms with Crippen LogP contribution in [0.3, 0.4) is 0 Å². The van der Waals surface area contributed by atoms with E-state index in [4.69, 9.17) is 10.3 Å². The molecule has 18 heavy (non-hydrogen) atoms. The van der Waals surface area contributed by atoms with Crippen LogP contribution in [0.15, 0.2) is 21.1 Å². The quantitative estimate of drug-likeness (QED) is 0.580. The Hall–Kier alpha value is -1.67. The number of aryl methyl sites for hydroxylation is 1. The number of anilines is 1. The summed E-state index contributed by atoms with van der Waals surface area (Å²) in [5.41, 5.74) is 5.87. The number of fused-ring (bicyclic) bond motifs is 1. The van der Waals surface area contributed by atoms with Gasteiger partial charge >= 0.3 is 0 Å². The lowest BCUT2D eigenvalue weighted by atomic mass is 10.4. The van der Waals surface area contributed by atoms with Crippen molar-refractivity contribution < 1.29 is 4.52 Å². The van der Waals surface area contributed by atoms with E-state index in [2.05, 4.69) is 20.1 Å². The highest BCUT2D eigenvalue weighted by atomic mass is 32.2. The predicted octanol–water partition coefficient (Wildman–Crippen LogP) is 2.26. The number of aromatic nitrogens is 4. The first-order chi connectivity index (χ1) is 8.72. The second-order valence-corrected chi connectivity index (χ2v) is 5.39. The van der Waals surface area contributed by atoms with Crippen molar-refractivity contribution in [1.82, 2.24) is 20.1 Å². The second kappa shape index (κ2) is 4.54. The summed E-state index contributed by atoms with van der Waals surface area (Å²) in [6.45, 7) is 1.78. The zero-order chi connectivity index (χ0) is 12.5. The van der Waals surface area contributed by atoms with Gasteiger partial charge in [-0.15, -0.1) is 11.3 Å². The molecule has 0 atom stereocenters. The van der Waals surface area contributed by atoms with E-state index in [1.807, 2.05) is 11.4 Å². The maximum atomic E-state index is 5.87. The van der Waals surface area contributed by atoms with E-state index < -0.39 is 0 Å². The van der Waals surface area contributed by atoms with Gasteiger partial charge in [0.05, 0.1) is 11.1 Å². The van der Waals surface area contributed by atoms with Gasteiger partial charge in [0.25, 0.3) is 0 Å². The molecule has 0 aliphatic carbocycles. The lowest BCUT2D eigenvalue weighted by Crippen LogP contribution is -1.95. The summed E-state index contributed by atoms with van der Waals surface area (Å²) in [5, 5.41) is 7.20. The highest BCUT2D eigenvalue weighted by molar-refractivity contribution is 7.98. The lowest BCUT2D eigenvalue weighted by Gasteiger charge is -2.00. The van der Waals surface area contributed by atoms with Gasteiger partial charge in [-0.25, -0.2) is 9.97 Å². The molecule has 0 bridgehead atoms. The van der Waals surface area contributed by atoms with Gasteiger partial charge in [-0.1, -0.05) is 16.9 Å². The van der Waals surface area contributed by atoms with Crippen LogP contribution in [0.1, 0.15) is 11.7 Å². The fraction of sp³-hybridized carbons (Fsp3) is 0.200. The first-order valence-corrected chi connectivity index (χ1v) is 7.01. The summed E-state index contributed by atoms with van der Waals surface area (Å²) in [4.78, 5) is 13.7. The molecule has 3 aromatic heterocycles. The molecule has 0 amide bonds. The van der Waals surface area contributed by atoms with Crippen LogP contribution in [0, 0.1) is 6.92 Å². The number of thiophene rings is 1. The lowest BCUT2D eigenvalue weighted by molar-refractivity contribution is 0.387. The number of rotatable bonds is 3. The van der Waals surface area contributed by atoms with Gasteiger partial charge < -0.3 is 10.3 Å². The molecule has 0 aromatic carbocycles. The summed E-state index contributed by atoms with van der Waals surface area (Å²) in [7, 11) is 0. The van der Waals surface area contributed by atoms with Gasteiger partial charge in [-0.05, 0) is 18.4 Å². The molecule has 0 unspecified atom stereocenters. The SMILES string of the molecule is Cc1noc(CSc2nc(N)c3ccsc3n2)n1. The third kappa shape index (κ3) is 2.16. The van der Waals surface area contributed by atoms with Gasteiger partial charge in [-0.3, -0.25) is 0 Å². The van der Waals surface area contributed by atoms with Crippen molar-refractivity contribution in [1.29, 1.82) is 0 Å². The van der Waals surface area contributed by atoms with Crippen LogP contribution in [-0.2, 0) is 5.75 Å². The molecule has 0 aliphatic rings. The smallest absolute Gasteiger partial charge is 0.237 e. The maximum Gasteiger partial charge on any atom is 0.237 e. The average Bonchev–Trinajstić information content (AvgIpc) is 2.95. The largest absolute Gasteiger partial charge is 0.383 e. The highest BCUT2D eigenvalue weighted by Gasteiger charge is 2.09. The number of thioether (sulfide) groups is 1. The van der Waals surface area contributed by atoms with Crippen LogP contribution in [0.2, 0.25) is 0 Å². The number of hydrogen-bond donors (Lipinski definition) is 1. The first kappa shape index (κ1) is 11.4. The van der Waals surface area contributed by atoms with E-state index in [0.717, 1.165) is 10.2 Å². The zero-order valence-corrected chi connectivity index (χ0v) is 11.1. The van der Waals surface area contributed by atoms with Crippen LogP contribution >= 0.6 is 23.1 Å². The standard InChI is InChI=1S/C10H9N5OS2/c1-5-12-7(16-15-5)4-18-10-13-8(11)6-2-3-17-9(6)14-10/h2-3H,4H2,1H3,(H2,11,13,14). The molecular weight excluding hydrogens is 270 g/mol. The van der Waals surface area contributed by atoms with Crippen molar-refractivity contribution in [3.8, 4) is 0 Å². The van der Waals surface area contributed by atoms with Crippen molar-refractivity contribution in [3.63, 3.8) is 0 Å². The number of nitrogens with zero attached hydrogens (tertiary/aromatic N) is 4. The topological polar surface area (TPSA) is 90.7 Å². The fourth-order valence-corrected chi connectivity index (χ4v) is 2.97. The Balaban J connectivity index is 1.82. The van der Waals surface area contributed by atoms with Crippen molar-refractivity contribution >= 4 is 39.1 Å². The molecule has 2 N–H and O–H groups in total. The molecule has 3 aromatic rings. The van der Waals surface area contributed by atoms with Gasteiger partial charge in [0, 0.05) is 0 Å². The normalized spacial score (nSPS) is 11.2. The molecule has 3 rings (SSSR count). The molecule has 92 valence electrons. The Morgan fingerprint density at radius 3 is 3.06 bits per heavy atom. The Kier molecular flexibility index (Phi) is 2.88. The molecule has 0 fully saturated rings. The van der Waals surface area contributed by atoms with E-state index >= 15 is 0 Å². The van der Waals surface area contributed by atoms with Crippen molar-refractivity contribution in [2.75, 3.05) is 5.73 Å². The second-order valence-electron chi connectivity index (χ2n) is 3.55. The molecule has 0 saturated carbocycles. The van der Waals surface area contributed by atoms with Gasteiger partial charge in [0.2, 0.25) is 5.89 Å². The van der Waals surface area contributed by atoms with E-state index in [1.165, 1.54) is 11.8 Å². The third-order valence-corrected chi connectivity index (χ3v) is 3.87. The summed E-state index contributed by atoms with van der Waals surface area (Å²) in [6.07, 6.45) is 0. The minimum Gasteiger partial charge on any atom is -0.383 e. The Morgan fingerprint density at radius 2 is 2.28 bits per heavy atom. The first-order valence-electron chi connectivity index (χ1n) is 5.15. The number of nitrogens with two attached hydrogens (primary N) is 1. The fourth-order valence-electron chi connectivity index (χ4n) is 1.45. The van der Waals surface area contributed by atoms with Crippen molar-refractivity contribution in [3.05, 3.63) is 23.2 Å². The minimum atomic E-state index is 0.505. The van der Waals surface area contributed by atoms with Gasteiger partial charge in [-0.2, -0.15) is 4.98 Å². The van der Waals surface area contributed by atoms with Crippen molar-refractivity contribution in [2.24, 2.45) is 0 Å². The van der Waals surface area contributed by atoms with E-state index in [0.29, 0.717) is 28.4 Å². The van der Waals surface area contributed by atoms with Crippen LogP contribution in [-0.4, -0.2) is 20.1 Å². The Labute approximate surface area is 111 Å². The molecule has 0 radical (unpaired) electrons. The molecular formula is C10H9N5OS2. The van der Waals surface area contributed by atoms with Gasteiger partial charge in [0.1, 0.15) is 10.6 Å². The highest BCUT2D eigenvalue weighted by Crippen LogP contribution is 2.27. The Bertz CT molecular complexity index is 692. The van der Waals surface area contributed by atoms with E-state index in [9.17, 15) is 0 Å². The van der Waals surface area contributed by atoms with Crippen LogP contribution in [0.4, 0.5) is 5.82 Å². The molecule has 6 nitrogen and oxygen atoms in total. The van der Waals surface area contributed by atoms with Crippen LogP contribution in [0.5, 0.6) is 0 Å².